The number of hydrogen-bond acceptors (Lipinski definition) is 3. The molecule has 4 nitrogen and oxygen atoms in total. The van der Waals surface area contributed by atoms with Crippen LogP contribution in [0.2, 0.25) is 0 Å². The molecule has 0 radical (unpaired) electrons. The summed E-state index contributed by atoms with van der Waals surface area (Å²) in [7, 11) is 0. The van der Waals surface area contributed by atoms with Crippen LogP contribution in [0.5, 0.6) is 0 Å². The second kappa shape index (κ2) is 7.19. The van der Waals surface area contributed by atoms with Crippen molar-refractivity contribution < 1.29 is 9.53 Å². The Morgan fingerprint density at radius 1 is 1.71 bits per heavy atom. The average Bonchev–Trinajstić information content (AvgIpc) is 2.29. The molecule has 0 aliphatic heterocycles. The van der Waals surface area contributed by atoms with E-state index in [0.717, 1.165) is 10.9 Å². The number of nitrogens with one attached hydrogen (secondary N) is 1. The summed E-state index contributed by atoms with van der Waals surface area (Å²) in [5.41, 5.74) is 0.642. The Balaban J connectivity index is 2.45. The quantitative estimate of drug-likeness (QED) is 0.649. The molecule has 1 atom stereocenters. The predicted molar refractivity (Wildman–Crippen MR) is 70.8 cm³/mol. The number of halogens is 1. The van der Waals surface area contributed by atoms with Crippen molar-refractivity contribution in [3.63, 3.8) is 0 Å². The summed E-state index contributed by atoms with van der Waals surface area (Å²) in [5.74, 6) is -0.186. The lowest BCUT2D eigenvalue weighted by Crippen LogP contribution is -2.28. The fourth-order valence-corrected chi connectivity index (χ4v) is 1.49. The first-order valence-corrected chi connectivity index (χ1v) is 6.06. The molecule has 1 amide bonds. The Labute approximate surface area is 109 Å². The molecular formula is C12H15BrN2O2. The van der Waals surface area contributed by atoms with E-state index < -0.39 is 6.10 Å². The molecule has 92 valence electrons. The van der Waals surface area contributed by atoms with Gasteiger partial charge in [-0.1, -0.05) is 6.08 Å². The number of rotatable bonds is 6. The smallest absolute Gasteiger partial charge is 0.253 e. The van der Waals surface area contributed by atoms with Gasteiger partial charge in [-0.3, -0.25) is 9.78 Å². The zero-order chi connectivity index (χ0) is 12.7. The molecule has 1 aromatic rings. The molecule has 0 spiro atoms. The highest BCUT2D eigenvalue weighted by Crippen LogP contribution is 2.14. The second-order valence-corrected chi connectivity index (χ2v) is 4.39. The number of carbonyl (C=O) groups excluding carboxylic acids is 1. The van der Waals surface area contributed by atoms with E-state index in [1.807, 2.05) is 0 Å². The molecule has 0 fully saturated rings. The van der Waals surface area contributed by atoms with E-state index in [1.54, 1.807) is 31.5 Å². The third kappa shape index (κ3) is 5.10. The summed E-state index contributed by atoms with van der Waals surface area (Å²) >= 11 is 3.28. The van der Waals surface area contributed by atoms with Crippen LogP contribution in [0.25, 0.3) is 0 Å². The van der Waals surface area contributed by atoms with Crippen LogP contribution in [0.3, 0.4) is 0 Å². The van der Waals surface area contributed by atoms with Crippen LogP contribution in [0, 0.1) is 0 Å². The lowest BCUT2D eigenvalue weighted by atomic mass is 10.3. The third-order valence-corrected chi connectivity index (χ3v) is 2.47. The lowest BCUT2D eigenvalue weighted by Gasteiger charge is -2.12. The number of ether oxygens (including phenoxy) is 1. The van der Waals surface area contributed by atoms with Crippen LogP contribution >= 0.6 is 15.9 Å². The summed E-state index contributed by atoms with van der Waals surface area (Å²) < 4.78 is 6.15. The van der Waals surface area contributed by atoms with Gasteiger partial charge in [0, 0.05) is 10.7 Å². The topological polar surface area (TPSA) is 51.2 Å². The van der Waals surface area contributed by atoms with Crippen LogP contribution in [-0.2, 0) is 9.53 Å². The van der Waals surface area contributed by atoms with Crippen LogP contribution < -0.4 is 5.32 Å². The standard InChI is InChI=1S/C12H15BrN2O2/c1-3-4-5-17-9(2)12(16)15-11-6-10(13)7-14-8-11/h3,6-9H,1,4-5H2,2H3,(H,15,16)/t9-/m1/s1. The highest BCUT2D eigenvalue weighted by atomic mass is 79.9. The highest BCUT2D eigenvalue weighted by Gasteiger charge is 2.13. The number of nitrogens with zero attached hydrogens (tertiary/aromatic N) is 1. The molecule has 1 rings (SSSR count). The van der Waals surface area contributed by atoms with Gasteiger partial charge in [-0.15, -0.1) is 6.58 Å². The van der Waals surface area contributed by atoms with Crippen molar-refractivity contribution in [3.05, 3.63) is 35.6 Å². The van der Waals surface area contributed by atoms with E-state index in [9.17, 15) is 4.79 Å². The monoisotopic (exact) mass is 298 g/mol. The van der Waals surface area contributed by atoms with Gasteiger partial charge in [-0.25, -0.2) is 0 Å². The molecule has 0 unspecified atom stereocenters. The maximum Gasteiger partial charge on any atom is 0.253 e. The number of aromatic nitrogens is 1. The molecule has 0 saturated carbocycles. The van der Waals surface area contributed by atoms with Crippen molar-refractivity contribution >= 4 is 27.5 Å². The molecule has 1 heterocycles. The third-order valence-electron chi connectivity index (χ3n) is 2.03. The van der Waals surface area contributed by atoms with Gasteiger partial charge in [-0.05, 0) is 35.3 Å². The number of hydrogen-bond donors (Lipinski definition) is 1. The van der Waals surface area contributed by atoms with Crippen molar-refractivity contribution in [2.24, 2.45) is 0 Å². The van der Waals surface area contributed by atoms with E-state index in [2.05, 4.69) is 32.8 Å². The Hall–Kier alpha value is -1.20. The molecular weight excluding hydrogens is 284 g/mol. The van der Waals surface area contributed by atoms with E-state index in [0.29, 0.717) is 12.3 Å². The minimum absolute atomic E-state index is 0.186. The number of pyridine rings is 1. The predicted octanol–water partition coefficient (Wildman–Crippen LogP) is 2.76. The SMILES string of the molecule is C=CCCO[C@H](C)C(=O)Nc1cncc(Br)c1. The van der Waals surface area contributed by atoms with Crippen molar-refractivity contribution in [1.29, 1.82) is 0 Å². The summed E-state index contributed by atoms with van der Waals surface area (Å²) in [6, 6.07) is 1.78. The highest BCUT2D eigenvalue weighted by molar-refractivity contribution is 9.10. The van der Waals surface area contributed by atoms with Gasteiger partial charge < -0.3 is 10.1 Å². The maximum atomic E-state index is 11.7. The minimum atomic E-state index is -0.492. The zero-order valence-corrected chi connectivity index (χ0v) is 11.2. The average molecular weight is 299 g/mol. The maximum absolute atomic E-state index is 11.7. The molecule has 0 aliphatic carbocycles. The molecule has 17 heavy (non-hydrogen) atoms. The summed E-state index contributed by atoms with van der Waals surface area (Å²) in [5, 5.41) is 2.73. The number of carbonyl (C=O) groups is 1. The van der Waals surface area contributed by atoms with Crippen LogP contribution in [0.1, 0.15) is 13.3 Å². The molecule has 0 bridgehead atoms. The van der Waals surface area contributed by atoms with E-state index in [1.165, 1.54) is 0 Å². The largest absolute Gasteiger partial charge is 0.368 e. The van der Waals surface area contributed by atoms with Crippen molar-refractivity contribution in [2.45, 2.75) is 19.4 Å². The number of anilines is 1. The van der Waals surface area contributed by atoms with Crippen molar-refractivity contribution in [1.82, 2.24) is 4.98 Å². The first-order valence-electron chi connectivity index (χ1n) is 5.27. The van der Waals surface area contributed by atoms with E-state index in [4.69, 9.17) is 4.74 Å². The molecule has 0 saturated heterocycles. The molecule has 5 heteroatoms. The van der Waals surface area contributed by atoms with E-state index in [-0.39, 0.29) is 5.91 Å². The Morgan fingerprint density at radius 3 is 3.12 bits per heavy atom. The molecule has 0 aliphatic rings. The van der Waals surface area contributed by atoms with Crippen molar-refractivity contribution in [2.75, 3.05) is 11.9 Å². The summed E-state index contributed by atoms with van der Waals surface area (Å²) in [6.07, 6.45) is 5.23. The van der Waals surface area contributed by atoms with Gasteiger partial charge >= 0.3 is 0 Å². The fraction of sp³-hybridized carbons (Fsp3) is 0.333. The van der Waals surface area contributed by atoms with E-state index >= 15 is 0 Å². The van der Waals surface area contributed by atoms with Gasteiger partial charge in [0.1, 0.15) is 6.10 Å². The Kier molecular flexibility index (Phi) is 5.86. The Bertz CT molecular complexity index is 396. The summed E-state index contributed by atoms with van der Waals surface area (Å²) in [4.78, 5) is 15.7. The number of amides is 1. The molecule has 1 aromatic heterocycles. The van der Waals surface area contributed by atoms with Gasteiger partial charge in [0.05, 0.1) is 18.5 Å². The molecule has 0 aromatic carbocycles. The second-order valence-electron chi connectivity index (χ2n) is 3.47. The fourth-order valence-electron chi connectivity index (χ4n) is 1.13. The van der Waals surface area contributed by atoms with Gasteiger partial charge in [0.15, 0.2) is 0 Å². The first kappa shape index (κ1) is 13.9. The lowest BCUT2D eigenvalue weighted by molar-refractivity contribution is -0.126. The van der Waals surface area contributed by atoms with Crippen LogP contribution in [0.15, 0.2) is 35.6 Å². The van der Waals surface area contributed by atoms with Gasteiger partial charge in [-0.2, -0.15) is 0 Å². The Morgan fingerprint density at radius 2 is 2.47 bits per heavy atom. The normalized spacial score (nSPS) is 11.9. The van der Waals surface area contributed by atoms with Crippen LogP contribution in [-0.4, -0.2) is 23.6 Å². The zero-order valence-electron chi connectivity index (χ0n) is 9.65. The minimum Gasteiger partial charge on any atom is -0.368 e. The van der Waals surface area contributed by atoms with Crippen molar-refractivity contribution in [3.8, 4) is 0 Å². The first-order chi connectivity index (χ1) is 8.13. The van der Waals surface area contributed by atoms with Gasteiger partial charge in [0.2, 0.25) is 0 Å². The van der Waals surface area contributed by atoms with Gasteiger partial charge in [0.25, 0.3) is 5.91 Å². The molecule has 1 N–H and O–H groups in total. The van der Waals surface area contributed by atoms with Crippen LogP contribution in [0.4, 0.5) is 5.69 Å². The summed E-state index contributed by atoms with van der Waals surface area (Å²) in [6.45, 7) is 5.79.